The Morgan fingerprint density at radius 3 is 2.62 bits per heavy atom. The number of aryl methyl sites for hydroxylation is 2. The molecule has 2 rings (SSSR count). The van der Waals surface area contributed by atoms with Crippen LogP contribution in [0.5, 0.6) is 0 Å². The fourth-order valence-corrected chi connectivity index (χ4v) is 2.35. The van der Waals surface area contributed by atoms with Gasteiger partial charge in [-0.15, -0.1) is 0 Å². The van der Waals surface area contributed by atoms with E-state index in [-0.39, 0.29) is 0 Å². The first-order valence-corrected chi connectivity index (χ1v) is 6.04. The molecule has 1 fully saturated rings. The zero-order valence-corrected chi connectivity index (χ0v) is 10.4. The summed E-state index contributed by atoms with van der Waals surface area (Å²) in [5.41, 5.74) is 1.93. The highest BCUT2D eigenvalue weighted by atomic mass is 16.3. The zero-order valence-electron chi connectivity index (χ0n) is 10.4. The molecule has 1 aliphatic heterocycles. The Morgan fingerprint density at radius 1 is 1.44 bits per heavy atom. The van der Waals surface area contributed by atoms with Crippen molar-refractivity contribution in [2.24, 2.45) is 0 Å². The minimum absolute atomic E-state index is 0.481. The SMILES string of the molecule is CCc1cc(CN2CC(C)(O)C2)n(CC)n1. The lowest BCUT2D eigenvalue weighted by molar-refractivity contribution is -0.0879. The van der Waals surface area contributed by atoms with Gasteiger partial charge in [0.1, 0.15) is 0 Å². The smallest absolute Gasteiger partial charge is 0.0872 e. The van der Waals surface area contributed by atoms with Gasteiger partial charge in [0, 0.05) is 26.2 Å². The molecule has 1 aromatic heterocycles. The highest BCUT2D eigenvalue weighted by molar-refractivity contribution is 5.11. The lowest BCUT2D eigenvalue weighted by Crippen LogP contribution is -2.59. The summed E-state index contributed by atoms with van der Waals surface area (Å²) in [6.45, 7) is 9.48. The Hall–Kier alpha value is -0.870. The Balaban J connectivity index is 2.01. The fourth-order valence-electron chi connectivity index (χ4n) is 2.35. The molecule has 90 valence electrons. The molecule has 0 aliphatic carbocycles. The summed E-state index contributed by atoms with van der Waals surface area (Å²) in [5.74, 6) is 0. The van der Waals surface area contributed by atoms with Gasteiger partial charge in [0.25, 0.3) is 0 Å². The predicted molar refractivity (Wildman–Crippen MR) is 63.2 cm³/mol. The normalized spacial score (nSPS) is 19.8. The molecule has 0 saturated carbocycles. The van der Waals surface area contributed by atoms with Crippen molar-refractivity contribution in [3.63, 3.8) is 0 Å². The van der Waals surface area contributed by atoms with Gasteiger partial charge < -0.3 is 5.11 Å². The predicted octanol–water partition coefficient (Wildman–Crippen LogP) is 1.03. The molecule has 16 heavy (non-hydrogen) atoms. The summed E-state index contributed by atoms with van der Waals surface area (Å²) in [7, 11) is 0. The summed E-state index contributed by atoms with van der Waals surface area (Å²) >= 11 is 0. The maximum atomic E-state index is 9.68. The third-order valence-electron chi connectivity index (χ3n) is 3.09. The van der Waals surface area contributed by atoms with Crippen LogP contribution in [-0.2, 0) is 19.5 Å². The number of aromatic nitrogens is 2. The van der Waals surface area contributed by atoms with Crippen molar-refractivity contribution in [1.29, 1.82) is 0 Å². The molecule has 0 amide bonds. The van der Waals surface area contributed by atoms with E-state index < -0.39 is 5.60 Å². The molecule has 4 heteroatoms. The standard InChI is InChI=1S/C12H21N3O/c1-4-10-6-11(15(5-2)13-10)7-14-8-12(3,16)9-14/h6,16H,4-5,7-9H2,1-3H3. The van der Waals surface area contributed by atoms with E-state index in [0.29, 0.717) is 0 Å². The van der Waals surface area contributed by atoms with Gasteiger partial charge in [-0.2, -0.15) is 5.10 Å². The molecule has 0 atom stereocenters. The average Bonchev–Trinajstić information content (AvgIpc) is 2.57. The molecular weight excluding hydrogens is 202 g/mol. The van der Waals surface area contributed by atoms with Crippen molar-refractivity contribution >= 4 is 0 Å². The van der Waals surface area contributed by atoms with Crippen molar-refractivity contribution in [2.75, 3.05) is 13.1 Å². The quantitative estimate of drug-likeness (QED) is 0.829. The van der Waals surface area contributed by atoms with Crippen LogP contribution in [0.15, 0.2) is 6.07 Å². The molecule has 1 N–H and O–H groups in total. The summed E-state index contributed by atoms with van der Waals surface area (Å²) in [6, 6.07) is 2.18. The van der Waals surface area contributed by atoms with Gasteiger partial charge in [0.15, 0.2) is 0 Å². The second kappa shape index (κ2) is 4.18. The number of nitrogens with zero attached hydrogens (tertiary/aromatic N) is 3. The van der Waals surface area contributed by atoms with Crippen LogP contribution >= 0.6 is 0 Å². The van der Waals surface area contributed by atoms with E-state index in [9.17, 15) is 5.11 Å². The molecule has 0 radical (unpaired) electrons. The first-order valence-electron chi connectivity index (χ1n) is 6.04. The van der Waals surface area contributed by atoms with E-state index >= 15 is 0 Å². The summed E-state index contributed by atoms with van der Waals surface area (Å²) < 4.78 is 2.06. The first kappa shape index (κ1) is 11.6. The minimum atomic E-state index is -0.481. The van der Waals surface area contributed by atoms with Gasteiger partial charge >= 0.3 is 0 Å². The van der Waals surface area contributed by atoms with Gasteiger partial charge in [-0.25, -0.2) is 0 Å². The van der Waals surface area contributed by atoms with E-state index in [2.05, 4.69) is 34.6 Å². The summed E-state index contributed by atoms with van der Waals surface area (Å²) in [6.07, 6.45) is 0.984. The topological polar surface area (TPSA) is 41.3 Å². The Morgan fingerprint density at radius 2 is 2.12 bits per heavy atom. The van der Waals surface area contributed by atoms with Crippen LogP contribution in [0.1, 0.15) is 32.2 Å². The molecule has 1 aromatic rings. The van der Waals surface area contributed by atoms with Gasteiger partial charge in [-0.3, -0.25) is 9.58 Å². The molecule has 0 bridgehead atoms. The highest BCUT2D eigenvalue weighted by Gasteiger charge is 2.36. The van der Waals surface area contributed by atoms with E-state index in [1.807, 2.05) is 6.92 Å². The summed E-state index contributed by atoms with van der Waals surface area (Å²) in [5, 5.41) is 14.2. The Bertz CT molecular complexity index is 362. The Labute approximate surface area is 96.9 Å². The van der Waals surface area contributed by atoms with Crippen molar-refractivity contribution in [3.05, 3.63) is 17.5 Å². The van der Waals surface area contributed by atoms with Crippen LogP contribution in [-0.4, -0.2) is 38.5 Å². The maximum absolute atomic E-state index is 9.68. The van der Waals surface area contributed by atoms with Gasteiger partial charge in [-0.05, 0) is 26.3 Å². The lowest BCUT2D eigenvalue weighted by Gasteiger charge is -2.44. The third kappa shape index (κ3) is 2.28. The van der Waals surface area contributed by atoms with E-state index in [1.54, 1.807) is 0 Å². The van der Waals surface area contributed by atoms with Gasteiger partial charge in [0.05, 0.1) is 17.0 Å². The molecule has 0 spiro atoms. The van der Waals surface area contributed by atoms with E-state index in [4.69, 9.17) is 0 Å². The van der Waals surface area contributed by atoms with E-state index in [1.165, 1.54) is 5.69 Å². The molecule has 4 nitrogen and oxygen atoms in total. The second-order valence-electron chi connectivity index (χ2n) is 4.94. The maximum Gasteiger partial charge on any atom is 0.0872 e. The largest absolute Gasteiger partial charge is 0.388 e. The lowest BCUT2D eigenvalue weighted by atomic mass is 9.97. The summed E-state index contributed by atoms with van der Waals surface area (Å²) in [4.78, 5) is 2.25. The van der Waals surface area contributed by atoms with Crippen LogP contribution in [0.3, 0.4) is 0 Å². The van der Waals surface area contributed by atoms with Gasteiger partial charge in [-0.1, -0.05) is 6.92 Å². The second-order valence-corrected chi connectivity index (χ2v) is 4.94. The fraction of sp³-hybridized carbons (Fsp3) is 0.750. The van der Waals surface area contributed by atoms with Gasteiger partial charge in [0.2, 0.25) is 0 Å². The number of likely N-dealkylation sites (tertiary alicyclic amines) is 1. The highest BCUT2D eigenvalue weighted by Crippen LogP contribution is 2.22. The molecule has 2 heterocycles. The molecule has 0 aromatic carbocycles. The molecule has 1 saturated heterocycles. The van der Waals surface area contributed by atoms with Crippen molar-refractivity contribution in [1.82, 2.24) is 14.7 Å². The first-order chi connectivity index (χ1) is 7.54. The van der Waals surface area contributed by atoms with Crippen molar-refractivity contribution < 1.29 is 5.11 Å². The molecular formula is C12H21N3O. The monoisotopic (exact) mass is 223 g/mol. The minimum Gasteiger partial charge on any atom is -0.388 e. The number of aliphatic hydroxyl groups is 1. The van der Waals surface area contributed by atoms with Crippen LogP contribution < -0.4 is 0 Å². The number of hydrogen-bond acceptors (Lipinski definition) is 3. The van der Waals surface area contributed by atoms with Crippen molar-refractivity contribution in [3.8, 4) is 0 Å². The molecule has 1 aliphatic rings. The molecule has 0 unspecified atom stereocenters. The number of hydrogen-bond donors (Lipinski definition) is 1. The zero-order chi connectivity index (χ0) is 11.8. The van der Waals surface area contributed by atoms with Crippen molar-refractivity contribution in [2.45, 2.75) is 45.9 Å². The third-order valence-corrected chi connectivity index (χ3v) is 3.09. The number of rotatable bonds is 4. The average molecular weight is 223 g/mol. The van der Waals surface area contributed by atoms with E-state index in [0.717, 1.165) is 38.3 Å². The van der Waals surface area contributed by atoms with Crippen LogP contribution in [0, 0.1) is 0 Å². The van der Waals surface area contributed by atoms with Crippen LogP contribution in [0.25, 0.3) is 0 Å². The van der Waals surface area contributed by atoms with Crippen LogP contribution in [0.4, 0.5) is 0 Å². The number of β-amino-alcohol motifs (C(OH)–C–C–N with tert-alkyl or cyclic N) is 1. The Kier molecular flexibility index (Phi) is 3.04. The van der Waals surface area contributed by atoms with Crippen LogP contribution in [0.2, 0.25) is 0 Å².